The highest BCUT2D eigenvalue weighted by Crippen LogP contribution is 2.27. The van der Waals surface area contributed by atoms with E-state index in [-0.39, 0.29) is 30.3 Å². The summed E-state index contributed by atoms with van der Waals surface area (Å²) >= 11 is 3.47. The van der Waals surface area contributed by atoms with Gasteiger partial charge in [-0.25, -0.2) is 0 Å². The lowest BCUT2D eigenvalue weighted by atomic mass is 9.96. The molecule has 1 fully saturated rings. The van der Waals surface area contributed by atoms with Crippen LogP contribution in [-0.4, -0.2) is 43.5 Å². The molecule has 1 aliphatic heterocycles. The molecule has 206 valence electrons. The number of piperidine rings is 1. The maximum absolute atomic E-state index is 12.7. The Bertz CT molecular complexity index is 1410. The number of hydrogen-bond acceptors (Lipinski definition) is 6. The zero-order valence-corrected chi connectivity index (χ0v) is 24.1. The highest BCUT2D eigenvalue weighted by molar-refractivity contribution is 7.17. The Morgan fingerprint density at radius 2 is 1.49 bits per heavy atom. The van der Waals surface area contributed by atoms with Gasteiger partial charge < -0.3 is 21.3 Å². The molecule has 7 nitrogen and oxygen atoms in total. The first-order chi connectivity index (χ1) is 19.0. The molecular formula is C30H36N4O3S2. The van der Waals surface area contributed by atoms with E-state index >= 15 is 0 Å². The summed E-state index contributed by atoms with van der Waals surface area (Å²) in [6.45, 7) is 5.26. The van der Waals surface area contributed by atoms with Crippen molar-refractivity contribution in [3.8, 4) is 0 Å². The van der Waals surface area contributed by atoms with Crippen LogP contribution >= 0.6 is 22.7 Å². The highest BCUT2D eigenvalue weighted by atomic mass is 32.1. The fourth-order valence-corrected chi connectivity index (χ4v) is 6.70. The van der Waals surface area contributed by atoms with Crippen molar-refractivity contribution in [1.29, 1.82) is 0 Å². The third-order valence-corrected chi connectivity index (χ3v) is 8.89. The number of aryl methyl sites for hydroxylation is 1. The van der Waals surface area contributed by atoms with Gasteiger partial charge in [0.15, 0.2) is 0 Å². The van der Waals surface area contributed by atoms with Crippen molar-refractivity contribution in [1.82, 2.24) is 21.3 Å². The molecule has 0 aliphatic carbocycles. The molecule has 4 aromatic rings. The minimum atomic E-state index is -0.686. The number of fused-ring (bicyclic) bond motifs is 2. The van der Waals surface area contributed by atoms with E-state index in [0.29, 0.717) is 6.42 Å². The molecule has 0 radical (unpaired) electrons. The molecule has 3 heterocycles. The Labute approximate surface area is 237 Å². The van der Waals surface area contributed by atoms with E-state index in [9.17, 15) is 14.4 Å². The van der Waals surface area contributed by atoms with Crippen molar-refractivity contribution in [2.75, 3.05) is 19.8 Å². The van der Waals surface area contributed by atoms with Gasteiger partial charge in [-0.2, -0.15) is 0 Å². The summed E-state index contributed by atoms with van der Waals surface area (Å²) in [6, 6.07) is 15.9. The van der Waals surface area contributed by atoms with E-state index in [1.165, 1.54) is 22.6 Å². The van der Waals surface area contributed by atoms with Crippen LogP contribution in [0.2, 0.25) is 0 Å². The number of thiophene rings is 2. The number of amides is 3. The van der Waals surface area contributed by atoms with Crippen LogP contribution in [0.5, 0.6) is 0 Å². The molecule has 0 bridgehead atoms. The van der Waals surface area contributed by atoms with Gasteiger partial charge in [-0.05, 0) is 77.1 Å². The summed E-state index contributed by atoms with van der Waals surface area (Å²) in [6.07, 6.45) is 3.09. The standard InChI is InChI=1S/C20H26N4O3S.C10H10S/c1-13(25)22-12-23-20(27)17(24-19(26)14-6-8-21-9-7-14)10-15-11-28-18-5-3-2-4-16(15)18;1-2-8-7-11-10-6-4-3-5-9(8)10/h2-5,11,14,17,21H,6-10,12H2,1H3,(H,22,25)(H,23,27)(H,24,26);3-7H,2H2,1H3/t17-;/m1./s1. The first-order valence-electron chi connectivity index (χ1n) is 13.4. The topological polar surface area (TPSA) is 99.3 Å². The van der Waals surface area contributed by atoms with Gasteiger partial charge in [-0.1, -0.05) is 43.3 Å². The Balaban J connectivity index is 0.000000265. The number of hydrogen-bond donors (Lipinski definition) is 4. The molecule has 3 amide bonds. The zero-order chi connectivity index (χ0) is 27.6. The minimum Gasteiger partial charge on any atom is -0.344 e. The normalized spacial score (nSPS) is 14.3. The molecular weight excluding hydrogens is 528 g/mol. The molecule has 1 aliphatic rings. The first kappa shape index (κ1) is 28.7. The van der Waals surface area contributed by atoms with Crippen LogP contribution in [0.1, 0.15) is 37.8 Å². The predicted molar refractivity (Wildman–Crippen MR) is 161 cm³/mol. The summed E-state index contributed by atoms with van der Waals surface area (Å²) in [5, 5.41) is 18.2. The molecule has 5 rings (SSSR count). The molecule has 1 atom stereocenters. The van der Waals surface area contributed by atoms with Crippen molar-refractivity contribution in [2.24, 2.45) is 5.92 Å². The molecule has 9 heteroatoms. The zero-order valence-electron chi connectivity index (χ0n) is 22.4. The summed E-state index contributed by atoms with van der Waals surface area (Å²) in [5.41, 5.74) is 2.51. The fraction of sp³-hybridized carbons (Fsp3) is 0.367. The maximum Gasteiger partial charge on any atom is 0.244 e. The lowest BCUT2D eigenvalue weighted by Gasteiger charge is -2.25. The van der Waals surface area contributed by atoms with Gasteiger partial charge in [0.1, 0.15) is 6.04 Å². The number of carbonyl (C=O) groups is 3. The van der Waals surface area contributed by atoms with Gasteiger partial charge >= 0.3 is 0 Å². The minimum absolute atomic E-state index is 0.0400. The summed E-state index contributed by atoms with van der Waals surface area (Å²) < 4.78 is 2.56. The third kappa shape index (κ3) is 7.88. The van der Waals surface area contributed by atoms with Gasteiger partial charge in [-0.3, -0.25) is 14.4 Å². The maximum atomic E-state index is 12.7. The molecule has 0 saturated carbocycles. The second-order valence-electron chi connectivity index (χ2n) is 9.61. The van der Waals surface area contributed by atoms with Crippen LogP contribution in [0.15, 0.2) is 59.3 Å². The van der Waals surface area contributed by atoms with Gasteiger partial charge in [-0.15, -0.1) is 22.7 Å². The Morgan fingerprint density at radius 1 is 0.897 bits per heavy atom. The van der Waals surface area contributed by atoms with Gasteiger partial charge in [0.2, 0.25) is 17.7 Å². The summed E-state index contributed by atoms with van der Waals surface area (Å²) in [7, 11) is 0. The average molecular weight is 565 g/mol. The van der Waals surface area contributed by atoms with E-state index < -0.39 is 6.04 Å². The van der Waals surface area contributed by atoms with E-state index in [1.807, 2.05) is 41.0 Å². The smallest absolute Gasteiger partial charge is 0.244 e. The third-order valence-electron chi connectivity index (χ3n) is 6.87. The van der Waals surface area contributed by atoms with Gasteiger partial charge in [0, 0.05) is 28.7 Å². The van der Waals surface area contributed by atoms with E-state index in [2.05, 4.69) is 57.8 Å². The monoisotopic (exact) mass is 564 g/mol. The lowest BCUT2D eigenvalue weighted by Crippen LogP contribution is -2.52. The summed E-state index contributed by atoms with van der Waals surface area (Å²) in [5.74, 6) is -0.683. The molecule has 0 unspecified atom stereocenters. The second-order valence-corrected chi connectivity index (χ2v) is 11.4. The van der Waals surface area contributed by atoms with Crippen LogP contribution in [0.25, 0.3) is 20.2 Å². The second kappa shape index (κ2) is 14.2. The Kier molecular flexibility index (Phi) is 10.5. The van der Waals surface area contributed by atoms with Crippen molar-refractivity contribution in [2.45, 2.75) is 45.6 Å². The average Bonchev–Trinajstić information content (AvgIpc) is 3.57. The summed E-state index contributed by atoms with van der Waals surface area (Å²) in [4.78, 5) is 36.5. The molecule has 39 heavy (non-hydrogen) atoms. The molecule has 0 spiro atoms. The Morgan fingerprint density at radius 3 is 2.10 bits per heavy atom. The molecule has 2 aromatic carbocycles. The van der Waals surface area contributed by atoms with Gasteiger partial charge in [0.05, 0.1) is 6.67 Å². The largest absolute Gasteiger partial charge is 0.344 e. The molecule has 2 aromatic heterocycles. The van der Waals surface area contributed by atoms with E-state index in [1.54, 1.807) is 11.3 Å². The number of carbonyl (C=O) groups excluding carboxylic acids is 3. The van der Waals surface area contributed by atoms with Crippen LogP contribution in [-0.2, 0) is 27.2 Å². The van der Waals surface area contributed by atoms with Crippen LogP contribution in [0.4, 0.5) is 0 Å². The van der Waals surface area contributed by atoms with Crippen molar-refractivity contribution < 1.29 is 14.4 Å². The quantitative estimate of drug-likeness (QED) is 0.235. The predicted octanol–water partition coefficient (Wildman–Crippen LogP) is 4.60. The van der Waals surface area contributed by atoms with E-state index in [4.69, 9.17) is 0 Å². The molecule has 1 saturated heterocycles. The SMILES string of the molecule is CC(=O)NCNC(=O)[C@@H](Cc1csc2ccccc12)NC(=O)C1CCNCC1.CCc1csc2ccccc12. The van der Waals surface area contributed by atoms with Crippen molar-refractivity contribution in [3.05, 3.63) is 70.4 Å². The van der Waals surface area contributed by atoms with Crippen LogP contribution < -0.4 is 21.3 Å². The van der Waals surface area contributed by atoms with Crippen LogP contribution in [0, 0.1) is 5.92 Å². The molecule has 4 N–H and O–H groups in total. The van der Waals surface area contributed by atoms with E-state index in [0.717, 1.165) is 48.0 Å². The number of benzene rings is 2. The van der Waals surface area contributed by atoms with Gasteiger partial charge in [0.25, 0.3) is 0 Å². The number of nitrogens with one attached hydrogen (secondary N) is 4. The fourth-order valence-electron chi connectivity index (χ4n) is 4.68. The van der Waals surface area contributed by atoms with Crippen molar-refractivity contribution >= 4 is 60.6 Å². The van der Waals surface area contributed by atoms with Crippen molar-refractivity contribution in [3.63, 3.8) is 0 Å². The highest BCUT2D eigenvalue weighted by Gasteiger charge is 2.27. The number of rotatable bonds is 8. The first-order valence-corrected chi connectivity index (χ1v) is 15.2. The van der Waals surface area contributed by atoms with Crippen LogP contribution in [0.3, 0.4) is 0 Å². The lowest BCUT2D eigenvalue weighted by molar-refractivity contribution is -0.131. The Hall–Kier alpha value is -3.27.